The van der Waals surface area contributed by atoms with Gasteiger partial charge in [0.1, 0.15) is 5.54 Å². The lowest BCUT2D eigenvalue weighted by Crippen LogP contribution is -2.44. The summed E-state index contributed by atoms with van der Waals surface area (Å²) in [6, 6.07) is 9.45. The molecule has 1 saturated heterocycles. The number of nitrogens with one attached hydrogen (secondary N) is 3. The number of rotatable bonds is 6. The van der Waals surface area contributed by atoms with Crippen LogP contribution < -0.4 is 16.0 Å². The molecule has 0 bridgehead atoms. The van der Waals surface area contributed by atoms with Crippen molar-refractivity contribution in [2.45, 2.75) is 37.6 Å². The van der Waals surface area contributed by atoms with E-state index in [9.17, 15) is 19.2 Å². The van der Waals surface area contributed by atoms with Crippen LogP contribution in [-0.2, 0) is 9.59 Å². The highest BCUT2D eigenvalue weighted by atomic mass is 16.2. The number of aromatic nitrogens is 1. The summed E-state index contributed by atoms with van der Waals surface area (Å²) in [4.78, 5) is 54.7. The molecule has 0 atom stereocenters. The van der Waals surface area contributed by atoms with Crippen molar-refractivity contribution in [2.75, 3.05) is 17.2 Å². The van der Waals surface area contributed by atoms with E-state index in [1.54, 1.807) is 48.8 Å². The van der Waals surface area contributed by atoms with Gasteiger partial charge in [-0.1, -0.05) is 18.9 Å². The molecule has 160 valence electrons. The Hall–Kier alpha value is -3.75. The van der Waals surface area contributed by atoms with Crippen LogP contribution in [0, 0.1) is 0 Å². The smallest absolute Gasteiger partial charge is 0.325 e. The minimum absolute atomic E-state index is 0.0144. The third-order valence-electron chi connectivity index (χ3n) is 5.61. The summed E-state index contributed by atoms with van der Waals surface area (Å²) in [5.41, 5.74) is 0.677. The van der Waals surface area contributed by atoms with Crippen LogP contribution in [0.4, 0.5) is 16.2 Å². The lowest BCUT2D eigenvalue weighted by molar-refractivity contribution is -0.131. The van der Waals surface area contributed by atoms with E-state index < -0.39 is 11.6 Å². The van der Waals surface area contributed by atoms with Crippen LogP contribution >= 0.6 is 0 Å². The fraction of sp³-hybridized carbons (Fsp3) is 0.318. The Balaban J connectivity index is 1.33. The number of hydrogen-bond donors (Lipinski definition) is 3. The second-order valence-electron chi connectivity index (χ2n) is 7.75. The van der Waals surface area contributed by atoms with Crippen molar-refractivity contribution in [2.24, 2.45) is 0 Å². The highest BCUT2D eigenvalue weighted by Crippen LogP contribution is 2.35. The van der Waals surface area contributed by atoms with Crippen molar-refractivity contribution in [3.05, 3.63) is 54.4 Å². The maximum atomic E-state index is 12.6. The molecule has 31 heavy (non-hydrogen) atoms. The fourth-order valence-corrected chi connectivity index (χ4v) is 4.01. The summed E-state index contributed by atoms with van der Waals surface area (Å²) < 4.78 is 0. The van der Waals surface area contributed by atoms with Crippen molar-refractivity contribution in [1.82, 2.24) is 15.2 Å². The molecule has 1 aromatic heterocycles. The molecule has 9 heteroatoms. The summed E-state index contributed by atoms with van der Waals surface area (Å²) in [5, 5.41) is 8.27. The lowest BCUT2D eigenvalue weighted by atomic mass is 9.98. The SMILES string of the molecule is O=C(CCN1C(=O)NC2(CCCC2)C1=O)Nc1cccc(C(=O)Nc2ccncc2)c1. The number of carbonyl (C=O) groups excluding carboxylic acids is 4. The predicted octanol–water partition coefficient (Wildman–Crippen LogP) is 2.53. The molecule has 1 saturated carbocycles. The summed E-state index contributed by atoms with van der Waals surface area (Å²) in [6.07, 6.45) is 6.24. The van der Waals surface area contributed by atoms with Gasteiger partial charge in [0.05, 0.1) is 0 Å². The van der Waals surface area contributed by atoms with Crippen molar-refractivity contribution in [1.29, 1.82) is 0 Å². The molecule has 9 nitrogen and oxygen atoms in total. The molecular formula is C22H23N5O4. The topological polar surface area (TPSA) is 121 Å². The van der Waals surface area contributed by atoms with Crippen LogP contribution in [0.15, 0.2) is 48.8 Å². The summed E-state index contributed by atoms with van der Waals surface area (Å²) in [7, 11) is 0. The third kappa shape index (κ3) is 4.40. The highest BCUT2D eigenvalue weighted by molar-refractivity contribution is 6.08. The van der Waals surface area contributed by atoms with E-state index in [0.717, 1.165) is 17.7 Å². The minimum atomic E-state index is -0.774. The number of urea groups is 1. The van der Waals surface area contributed by atoms with Crippen molar-refractivity contribution in [3.63, 3.8) is 0 Å². The third-order valence-corrected chi connectivity index (χ3v) is 5.61. The van der Waals surface area contributed by atoms with Crippen molar-refractivity contribution >= 4 is 35.1 Å². The van der Waals surface area contributed by atoms with Gasteiger partial charge in [-0.25, -0.2) is 4.79 Å². The Morgan fingerprint density at radius 3 is 2.52 bits per heavy atom. The molecule has 1 spiro atoms. The number of hydrogen-bond acceptors (Lipinski definition) is 5. The zero-order valence-corrected chi connectivity index (χ0v) is 16.9. The van der Waals surface area contributed by atoms with Gasteiger partial charge in [0.2, 0.25) is 5.91 Å². The molecule has 3 N–H and O–H groups in total. The Labute approximate surface area is 179 Å². The van der Waals surface area contributed by atoms with Gasteiger partial charge in [0.15, 0.2) is 0 Å². The van der Waals surface area contributed by atoms with Crippen LogP contribution in [0.2, 0.25) is 0 Å². The van der Waals surface area contributed by atoms with Crippen LogP contribution in [0.3, 0.4) is 0 Å². The van der Waals surface area contributed by atoms with Gasteiger partial charge in [-0.15, -0.1) is 0 Å². The first-order valence-corrected chi connectivity index (χ1v) is 10.2. The number of imide groups is 1. The summed E-state index contributed by atoms with van der Waals surface area (Å²) >= 11 is 0. The second-order valence-corrected chi connectivity index (χ2v) is 7.75. The van der Waals surface area contributed by atoms with Gasteiger partial charge < -0.3 is 16.0 Å². The molecule has 0 radical (unpaired) electrons. The molecule has 1 aromatic carbocycles. The Morgan fingerprint density at radius 1 is 1.03 bits per heavy atom. The molecule has 2 aliphatic rings. The molecule has 4 rings (SSSR count). The first-order chi connectivity index (χ1) is 15.0. The molecule has 2 aromatic rings. The second kappa shape index (κ2) is 8.55. The van der Waals surface area contributed by atoms with Gasteiger partial charge >= 0.3 is 6.03 Å². The average Bonchev–Trinajstić information content (AvgIpc) is 3.32. The molecular weight excluding hydrogens is 398 g/mol. The van der Waals surface area contributed by atoms with Gasteiger partial charge in [-0.2, -0.15) is 0 Å². The number of carbonyl (C=O) groups is 4. The number of benzene rings is 1. The lowest BCUT2D eigenvalue weighted by Gasteiger charge is -2.19. The van der Waals surface area contributed by atoms with Crippen LogP contribution in [0.1, 0.15) is 42.5 Å². The van der Waals surface area contributed by atoms with Gasteiger partial charge in [-0.05, 0) is 43.2 Å². The molecule has 2 fully saturated rings. The monoisotopic (exact) mass is 421 g/mol. The molecule has 1 aliphatic carbocycles. The van der Waals surface area contributed by atoms with Crippen molar-refractivity contribution < 1.29 is 19.2 Å². The largest absolute Gasteiger partial charge is 0.326 e. The van der Waals surface area contributed by atoms with Gasteiger partial charge in [-0.3, -0.25) is 24.3 Å². The molecule has 1 aliphatic heterocycles. The Morgan fingerprint density at radius 2 is 1.77 bits per heavy atom. The van der Waals surface area contributed by atoms with Gasteiger partial charge in [0.25, 0.3) is 11.8 Å². The number of anilines is 2. The Kier molecular flexibility index (Phi) is 5.66. The minimum Gasteiger partial charge on any atom is -0.326 e. The van der Waals surface area contributed by atoms with E-state index in [2.05, 4.69) is 20.9 Å². The normalized spacial score (nSPS) is 17.0. The van der Waals surface area contributed by atoms with E-state index >= 15 is 0 Å². The molecule has 0 unspecified atom stereocenters. The van der Waals surface area contributed by atoms with Crippen LogP contribution in [0.25, 0.3) is 0 Å². The van der Waals surface area contributed by atoms with Crippen LogP contribution in [0.5, 0.6) is 0 Å². The standard InChI is InChI=1S/C22H23N5O4/c28-18(8-13-27-20(30)22(26-21(27)31)9-1-2-10-22)24-17-5-3-4-15(14-17)19(29)25-16-6-11-23-12-7-16/h3-7,11-12,14H,1-2,8-10,13H2,(H,24,28)(H,26,31)(H,23,25,29). The van der Waals surface area contributed by atoms with Crippen LogP contribution in [-0.4, -0.2) is 45.7 Å². The summed E-state index contributed by atoms with van der Waals surface area (Å²) in [6.45, 7) is 0.0144. The van der Waals surface area contributed by atoms with Crippen molar-refractivity contribution in [3.8, 4) is 0 Å². The average molecular weight is 421 g/mol. The van der Waals surface area contributed by atoms with E-state index in [4.69, 9.17) is 0 Å². The first kappa shape index (κ1) is 20.5. The predicted molar refractivity (Wildman–Crippen MR) is 113 cm³/mol. The zero-order chi connectivity index (χ0) is 21.8. The van der Waals surface area contributed by atoms with E-state index in [-0.39, 0.29) is 30.7 Å². The molecule has 2 heterocycles. The maximum Gasteiger partial charge on any atom is 0.325 e. The first-order valence-electron chi connectivity index (χ1n) is 10.2. The summed E-state index contributed by atoms with van der Waals surface area (Å²) in [5.74, 6) is -0.902. The van der Waals surface area contributed by atoms with Gasteiger partial charge in [0, 0.05) is 42.3 Å². The Bertz CT molecular complexity index is 1020. The van der Waals surface area contributed by atoms with E-state index in [0.29, 0.717) is 29.8 Å². The number of pyridine rings is 1. The van der Waals surface area contributed by atoms with E-state index in [1.165, 1.54) is 0 Å². The molecule has 5 amide bonds. The highest BCUT2D eigenvalue weighted by Gasteiger charge is 2.52. The zero-order valence-electron chi connectivity index (χ0n) is 16.9. The quantitative estimate of drug-likeness (QED) is 0.619. The fourth-order valence-electron chi connectivity index (χ4n) is 4.01. The van der Waals surface area contributed by atoms with E-state index in [1.807, 2.05) is 0 Å². The number of amides is 5. The number of nitrogens with zero attached hydrogens (tertiary/aromatic N) is 2. The maximum absolute atomic E-state index is 12.6.